The molecule has 0 unspecified atom stereocenters. The van der Waals surface area contributed by atoms with Crippen LogP contribution < -0.4 is 10.6 Å². The molecule has 0 saturated heterocycles. The SMILES string of the molecule is CCC(=O)Nc1cc(NC(=O)c2ccco2)ccc1C. The molecule has 0 aliphatic heterocycles. The molecule has 0 spiro atoms. The lowest BCUT2D eigenvalue weighted by Gasteiger charge is -2.10. The maximum atomic E-state index is 11.9. The highest BCUT2D eigenvalue weighted by molar-refractivity contribution is 6.02. The number of furan rings is 1. The highest BCUT2D eigenvalue weighted by atomic mass is 16.3. The van der Waals surface area contributed by atoms with Gasteiger partial charge in [0.1, 0.15) is 0 Å². The molecule has 2 rings (SSSR count). The summed E-state index contributed by atoms with van der Waals surface area (Å²) in [7, 11) is 0. The van der Waals surface area contributed by atoms with Gasteiger partial charge in [-0.15, -0.1) is 0 Å². The summed E-state index contributed by atoms with van der Waals surface area (Å²) in [5.74, 6) is -0.154. The molecule has 0 fully saturated rings. The first kappa shape index (κ1) is 13.9. The van der Waals surface area contributed by atoms with Crippen LogP contribution in [-0.2, 0) is 4.79 Å². The van der Waals surface area contributed by atoms with Gasteiger partial charge in [0.05, 0.1) is 6.26 Å². The number of rotatable bonds is 4. The Hall–Kier alpha value is -2.56. The molecule has 0 aliphatic rings. The standard InChI is InChI=1S/C15H16N2O3/c1-3-14(18)17-12-9-11(7-6-10(12)2)16-15(19)13-5-4-8-20-13/h4-9H,3H2,1-2H3,(H,16,19)(H,17,18). The number of nitrogens with one attached hydrogen (secondary N) is 2. The summed E-state index contributed by atoms with van der Waals surface area (Å²) in [5.41, 5.74) is 2.22. The summed E-state index contributed by atoms with van der Waals surface area (Å²) in [6.07, 6.45) is 1.85. The number of benzene rings is 1. The van der Waals surface area contributed by atoms with Gasteiger partial charge in [-0.2, -0.15) is 0 Å². The summed E-state index contributed by atoms with van der Waals surface area (Å²) in [4.78, 5) is 23.3. The Kier molecular flexibility index (Phi) is 4.20. The van der Waals surface area contributed by atoms with Crippen molar-refractivity contribution in [2.45, 2.75) is 20.3 Å². The lowest BCUT2D eigenvalue weighted by Crippen LogP contribution is -2.13. The van der Waals surface area contributed by atoms with Crippen LogP contribution in [0, 0.1) is 6.92 Å². The highest BCUT2D eigenvalue weighted by Gasteiger charge is 2.10. The fraction of sp³-hybridized carbons (Fsp3) is 0.200. The van der Waals surface area contributed by atoms with Crippen LogP contribution in [0.15, 0.2) is 41.0 Å². The maximum Gasteiger partial charge on any atom is 0.291 e. The molecule has 1 aromatic heterocycles. The van der Waals surface area contributed by atoms with E-state index >= 15 is 0 Å². The summed E-state index contributed by atoms with van der Waals surface area (Å²) >= 11 is 0. The fourth-order valence-electron chi connectivity index (χ4n) is 1.67. The van der Waals surface area contributed by atoms with Gasteiger partial charge in [-0.05, 0) is 36.8 Å². The molecule has 0 bridgehead atoms. The average Bonchev–Trinajstić information content (AvgIpc) is 2.96. The fourth-order valence-corrected chi connectivity index (χ4v) is 1.67. The molecule has 5 heteroatoms. The lowest BCUT2D eigenvalue weighted by atomic mass is 10.1. The first-order chi connectivity index (χ1) is 9.60. The number of amides is 2. The highest BCUT2D eigenvalue weighted by Crippen LogP contribution is 2.21. The van der Waals surface area contributed by atoms with Gasteiger partial charge in [0.25, 0.3) is 5.91 Å². The zero-order valence-corrected chi connectivity index (χ0v) is 11.4. The Morgan fingerprint density at radius 1 is 1.20 bits per heavy atom. The zero-order valence-electron chi connectivity index (χ0n) is 11.4. The van der Waals surface area contributed by atoms with E-state index in [0.717, 1.165) is 5.56 Å². The van der Waals surface area contributed by atoms with Crippen LogP contribution in [0.4, 0.5) is 11.4 Å². The molecule has 0 atom stereocenters. The van der Waals surface area contributed by atoms with Crippen LogP contribution in [-0.4, -0.2) is 11.8 Å². The van der Waals surface area contributed by atoms with Crippen LogP contribution in [0.2, 0.25) is 0 Å². The van der Waals surface area contributed by atoms with Crippen LogP contribution in [0.25, 0.3) is 0 Å². The van der Waals surface area contributed by atoms with E-state index in [9.17, 15) is 9.59 Å². The molecule has 104 valence electrons. The van der Waals surface area contributed by atoms with Gasteiger partial charge in [0.2, 0.25) is 5.91 Å². The number of anilines is 2. The number of carbonyl (C=O) groups is 2. The first-order valence-electron chi connectivity index (χ1n) is 6.35. The van der Waals surface area contributed by atoms with Gasteiger partial charge in [-0.3, -0.25) is 9.59 Å². The molecule has 0 radical (unpaired) electrons. The van der Waals surface area contributed by atoms with Gasteiger partial charge < -0.3 is 15.1 Å². The van der Waals surface area contributed by atoms with Crippen molar-refractivity contribution < 1.29 is 14.0 Å². The van der Waals surface area contributed by atoms with E-state index in [2.05, 4.69) is 10.6 Å². The van der Waals surface area contributed by atoms with E-state index in [1.807, 2.05) is 13.0 Å². The average molecular weight is 272 g/mol. The van der Waals surface area contributed by atoms with Crippen molar-refractivity contribution in [1.29, 1.82) is 0 Å². The van der Waals surface area contributed by atoms with E-state index in [-0.39, 0.29) is 17.6 Å². The second-order valence-corrected chi connectivity index (χ2v) is 4.36. The minimum atomic E-state index is -0.327. The largest absolute Gasteiger partial charge is 0.459 e. The topological polar surface area (TPSA) is 71.3 Å². The van der Waals surface area contributed by atoms with E-state index in [1.165, 1.54) is 6.26 Å². The van der Waals surface area contributed by atoms with Gasteiger partial charge in [-0.25, -0.2) is 0 Å². The summed E-state index contributed by atoms with van der Waals surface area (Å²) in [5, 5.41) is 5.51. The molecule has 0 aliphatic carbocycles. The third-order valence-corrected chi connectivity index (χ3v) is 2.84. The van der Waals surface area contributed by atoms with Gasteiger partial charge in [0.15, 0.2) is 5.76 Å². The third-order valence-electron chi connectivity index (χ3n) is 2.84. The minimum absolute atomic E-state index is 0.0670. The van der Waals surface area contributed by atoms with Gasteiger partial charge in [-0.1, -0.05) is 13.0 Å². The Morgan fingerprint density at radius 3 is 2.65 bits per heavy atom. The van der Waals surface area contributed by atoms with E-state index in [0.29, 0.717) is 17.8 Å². The summed E-state index contributed by atoms with van der Waals surface area (Å²) < 4.78 is 5.02. The summed E-state index contributed by atoms with van der Waals surface area (Å²) in [6, 6.07) is 8.57. The second kappa shape index (κ2) is 6.06. The molecule has 0 saturated carbocycles. The van der Waals surface area contributed by atoms with Crippen molar-refractivity contribution in [3.05, 3.63) is 47.9 Å². The van der Waals surface area contributed by atoms with E-state index in [1.54, 1.807) is 31.2 Å². The Labute approximate surface area is 117 Å². The van der Waals surface area contributed by atoms with Crippen LogP contribution in [0.5, 0.6) is 0 Å². The molecule has 5 nitrogen and oxygen atoms in total. The minimum Gasteiger partial charge on any atom is -0.459 e. The Balaban J connectivity index is 2.15. The number of aryl methyl sites for hydroxylation is 1. The second-order valence-electron chi connectivity index (χ2n) is 4.36. The molecular weight excluding hydrogens is 256 g/mol. The predicted octanol–water partition coefficient (Wildman–Crippen LogP) is 3.19. The van der Waals surface area contributed by atoms with Crippen LogP contribution >= 0.6 is 0 Å². The Morgan fingerprint density at radius 2 is 2.00 bits per heavy atom. The quantitative estimate of drug-likeness (QED) is 0.897. The molecule has 20 heavy (non-hydrogen) atoms. The third kappa shape index (κ3) is 3.26. The summed E-state index contributed by atoms with van der Waals surface area (Å²) in [6.45, 7) is 3.68. The van der Waals surface area contributed by atoms with E-state index in [4.69, 9.17) is 4.42 Å². The van der Waals surface area contributed by atoms with E-state index < -0.39 is 0 Å². The molecular formula is C15H16N2O3. The Bertz CT molecular complexity index is 618. The zero-order chi connectivity index (χ0) is 14.5. The normalized spacial score (nSPS) is 10.1. The van der Waals surface area contributed by atoms with Crippen LogP contribution in [0.3, 0.4) is 0 Å². The van der Waals surface area contributed by atoms with Crippen molar-refractivity contribution in [2.75, 3.05) is 10.6 Å². The van der Waals surface area contributed by atoms with Crippen molar-refractivity contribution in [2.24, 2.45) is 0 Å². The molecule has 1 heterocycles. The first-order valence-corrected chi connectivity index (χ1v) is 6.35. The van der Waals surface area contributed by atoms with Crippen molar-refractivity contribution in [3.8, 4) is 0 Å². The van der Waals surface area contributed by atoms with Crippen molar-refractivity contribution >= 4 is 23.2 Å². The number of hydrogen-bond donors (Lipinski definition) is 2. The number of hydrogen-bond acceptors (Lipinski definition) is 3. The van der Waals surface area contributed by atoms with Crippen LogP contribution in [0.1, 0.15) is 29.5 Å². The van der Waals surface area contributed by atoms with Crippen molar-refractivity contribution in [3.63, 3.8) is 0 Å². The smallest absolute Gasteiger partial charge is 0.291 e. The predicted molar refractivity (Wildman–Crippen MR) is 76.8 cm³/mol. The monoisotopic (exact) mass is 272 g/mol. The molecule has 2 N–H and O–H groups in total. The van der Waals surface area contributed by atoms with Gasteiger partial charge in [0, 0.05) is 17.8 Å². The molecule has 1 aromatic carbocycles. The van der Waals surface area contributed by atoms with Crippen molar-refractivity contribution in [1.82, 2.24) is 0 Å². The van der Waals surface area contributed by atoms with Gasteiger partial charge >= 0.3 is 0 Å². The molecule has 2 aromatic rings. The maximum absolute atomic E-state index is 11.9. The molecule has 2 amide bonds. The number of carbonyl (C=O) groups excluding carboxylic acids is 2. The lowest BCUT2D eigenvalue weighted by molar-refractivity contribution is -0.115.